The van der Waals surface area contributed by atoms with Crippen LogP contribution in [0, 0.1) is 0 Å². The molecule has 132 valence electrons. The second-order valence-electron chi connectivity index (χ2n) is 6.91. The van der Waals surface area contributed by atoms with Crippen LogP contribution < -0.4 is 0 Å². The van der Waals surface area contributed by atoms with Gasteiger partial charge in [-0.15, -0.1) is 0 Å². The molecule has 0 aliphatic carbocycles. The molecule has 5 rings (SSSR count). The maximum absolute atomic E-state index is 4.83. The minimum Gasteiger partial charge on any atom is -0.248 e. The first-order valence-corrected chi connectivity index (χ1v) is 9.49. The van der Waals surface area contributed by atoms with Gasteiger partial charge in [-0.3, -0.25) is 0 Å². The zero-order valence-corrected chi connectivity index (χ0v) is 15.4. The summed E-state index contributed by atoms with van der Waals surface area (Å²) in [6.45, 7) is 0. The number of hydrogen-bond donors (Lipinski definition) is 0. The third-order valence-corrected chi connectivity index (χ3v) is 5.08. The standard InChI is InChI=1S/C27H19N/c1-2-7-20(8-3-1)21-13-15-22(16-14-21)24-10-6-11-25(19-24)27-18-17-23-9-4-5-12-26(23)28-27/h1-19H. The highest BCUT2D eigenvalue weighted by Crippen LogP contribution is 2.28. The van der Waals surface area contributed by atoms with Crippen molar-refractivity contribution in [2.24, 2.45) is 0 Å². The van der Waals surface area contributed by atoms with E-state index in [1.165, 1.54) is 27.6 Å². The van der Waals surface area contributed by atoms with Crippen molar-refractivity contribution >= 4 is 10.9 Å². The molecule has 0 aliphatic heterocycles. The molecule has 0 atom stereocenters. The molecule has 0 saturated carbocycles. The van der Waals surface area contributed by atoms with E-state index in [4.69, 9.17) is 4.98 Å². The predicted octanol–water partition coefficient (Wildman–Crippen LogP) is 7.24. The number of benzene rings is 4. The Labute approximate surface area is 165 Å². The Morgan fingerprint density at radius 3 is 1.82 bits per heavy atom. The lowest BCUT2D eigenvalue weighted by Crippen LogP contribution is -1.86. The van der Waals surface area contributed by atoms with Crippen LogP contribution in [0.4, 0.5) is 0 Å². The molecule has 0 amide bonds. The fourth-order valence-corrected chi connectivity index (χ4v) is 3.57. The summed E-state index contributed by atoms with van der Waals surface area (Å²) in [5.74, 6) is 0. The van der Waals surface area contributed by atoms with E-state index in [0.29, 0.717) is 0 Å². The molecule has 0 aliphatic rings. The first-order valence-electron chi connectivity index (χ1n) is 9.49. The zero-order valence-electron chi connectivity index (χ0n) is 15.4. The van der Waals surface area contributed by atoms with E-state index in [2.05, 4.69) is 97.1 Å². The van der Waals surface area contributed by atoms with Gasteiger partial charge in [0, 0.05) is 10.9 Å². The summed E-state index contributed by atoms with van der Waals surface area (Å²) in [5, 5.41) is 1.17. The highest BCUT2D eigenvalue weighted by Gasteiger charge is 2.05. The summed E-state index contributed by atoms with van der Waals surface area (Å²) in [7, 11) is 0. The van der Waals surface area contributed by atoms with Crippen LogP contribution in [-0.2, 0) is 0 Å². The lowest BCUT2D eigenvalue weighted by molar-refractivity contribution is 1.40. The molecule has 0 spiro atoms. The number of aromatic nitrogens is 1. The predicted molar refractivity (Wildman–Crippen MR) is 118 cm³/mol. The maximum atomic E-state index is 4.83. The van der Waals surface area contributed by atoms with E-state index >= 15 is 0 Å². The fraction of sp³-hybridized carbons (Fsp3) is 0. The van der Waals surface area contributed by atoms with Crippen molar-refractivity contribution in [3.63, 3.8) is 0 Å². The van der Waals surface area contributed by atoms with Gasteiger partial charge < -0.3 is 0 Å². The van der Waals surface area contributed by atoms with Crippen LogP contribution in [0.1, 0.15) is 0 Å². The zero-order chi connectivity index (χ0) is 18.8. The van der Waals surface area contributed by atoms with E-state index in [-0.39, 0.29) is 0 Å². The van der Waals surface area contributed by atoms with Crippen molar-refractivity contribution in [1.82, 2.24) is 4.98 Å². The summed E-state index contributed by atoms with van der Waals surface area (Å²) in [4.78, 5) is 4.83. The fourth-order valence-electron chi connectivity index (χ4n) is 3.57. The summed E-state index contributed by atoms with van der Waals surface area (Å²) in [6.07, 6.45) is 0. The Balaban J connectivity index is 1.50. The molecule has 5 aromatic rings. The number of para-hydroxylation sites is 1. The summed E-state index contributed by atoms with van der Waals surface area (Å²) < 4.78 is 0. The number of pyridine rings is 1. The van der Waals surface area contributed by atoms with E-state index in [1.54, 1.807) is 0 Å². The quantitative estimate of drug-likeness (QED) is 0.332. The second kappa shape index (κ2) is 7.13. The van der Waals surface area contributed by atoms with E-state index in [0.717, 1.165) is 16.8 Å². The van der Waals surface area contributed by atoms with Crippen molar-refractivity contribution in [2.45, 2.75) is 0 Å². The number of hydrogen-bond acceptors (Lipinski definition) is 1. The van der Waals surface area contributed by atoms with Gasteiger partial charge in [0.2, 0.25) is 0 Å². The van der Waals surface area contributed by atoms with Gasteiger partial charge in [-0.1, -0.05) is 97.1 Å². The SMILES string of the molecule is c1ccc(-c2ccc(-c3cccc(-c4ccc5ccccc5n4)c3)cc2)cc1. The highest BCUT2D eigenvalue weighted by molar-refractivity contribution is 5.82. The lowest BCUT2D eigenvalue weighted by atomic mass is 9.98. The van der Waals surface area contributed by atoms with Gasteiger partial charge in [-0.05, 0) is 40.5 Å². The van der Waals surface area contributed by atoms with Crippen molar-refractivity contribution in [1.29, 1.82) is 0 Å². The largest absolute Gasteiger partial charge is 0.248 e. The molecule has 0 saturated heterocycles. The molecular weight excluding hydrogens is 338 g/mol. The molecule has 0 N–H and O–H groups in total. The van der Waals surface area contributed by atoms with Gasteiger partial charge in [-0.2, -0.15) is 0 Å². The molecular formula is C27H19N. The normalized spacial score (nSPS) is 10.9. The van der Waals surface area contributed by atoms with Crippen LogP contribution in [-0.4, -0.2) is 4.98 Å². The van der Waals surface area contributed by atoms with E-state index in [1.807, 2.05) is 18.2 Å². The van der Waals surface area contributed by atoms with Crippen LogP contribution in [0.25, 0.3) is 44.4 Å². The van der Waals surface area contributed by atoms with Gasteiger partial charge in [-0.25, -0.2) is 4.98 Å². The van der Waals surface area contributed by atoms with Crippen LogP contribution in [0.3, 0.4) is 0 Å². The Morgan fingerprint density at radius 1 is 0.393 bits per heavy atom. The Hall–Kier alpha value is -3.71. The number of rotatable bonds is 3. The Bertz CT molecular complexity index is 1240. The van der Waals surface area contributed by atoms with Crippen molar-refractivity contribution < 1.29 is 0 Å². The minimum atomic E-state index is 1.00. The molecule has 0 radical (unpaired) electrons. The topological polar surface area (TPSA) is 12.9 Å². The summed E-state index contributed by atoms with van der Waals surface area (Å²) >= 11 is 0. The van der Waals surface area contributed by atoms with Gasteiger partial charge >= 0.3 is 0 Å². The first kappa shape index (κ1) is 16.5. The van der Waals surface area contributed by atoms with Crippen LogP contribution >= 0.6 is 0 Å². The molecule has 1 heteroatoms. The van der Waals surface area contributed by atoms with Gasteiger partial charge in [0.1, 0.15) is 0 Å². The van der Waals surface area contributed by atoms with E-state index in [9.17, 15) is 0 Å². The third kappa shape index (κ3) is 3.19. The number of fused-ring (bicyclic) bond motifs is 1. The highest BCUT2D eigenvalue weighted by atomic mass is 14.7. The third-order valence-electron chi connectivity index (χ3n) is 5.08. The summed E-state index contributed by atoms with van der Waals surface area (Å²) in [6, 6.07) is 40.3. The Morgan fingerprint density at radius 2 is 1.00 bits per heavy atom. The molecule has 1 heterocycles. The van der Waals surface area contributed by atoms with E-state index < -0.39 is 0 Å². The van der Waals surface area contributed by atoms with Crippen LogP contribution in [0.5, 0.6) is 0 Å². The average Bonchev–Trinajstić information content (AvgIpc) is 2.79. The van der Waals surface area contributed by atoms with Crippen molar-refractivity contribution in [2.75, 3.05) is 0 Å². The molecule has 0 unspecified atom stereocenters. The lowest BCUT2D eigenvalue weighted by Gasteiger charge is -2.08. The monoisotopic (exact) mass is 357 g/mol. The number of nitrogens with zero attached hydrogens (tertiary/aromatic N) is 1. The van der Waals surface area contributed by atoms with Crippen LogP contribution in [0.15, 0.2) is 115 Å². The minimum absolute atomic E-state index is 1.00. The molecule has 0 fully saturated rings. The smallest absolute Gasteiger partial charge is 0.0709 e. The van der Waals surface area contributed by atoms with Gasteiger partial charge in [0.05, 0.1) is 11.2 Å². The second-order valence-corrected chi connectivity index (χ2v) is 6.91. The molecule has 1 nitrogen and oxygen atoms in total. The molecule has 1 aromatic heterocycles. The van der Waals surface area contributed by atoms with Gasteiger partial charge in [0.15, 0.2) is 0 Å². The van der Waals surface area contributed by atoms with Gasteiger partial charge in [0.25, 0.3) is 0 Å². The molecule has 28 heavy (non-hydrogen) atoms. The first-order chi connectivity index (χ1) is 13.9. The van der Waals surface area contributed by atoms with Crippen molar-refractivity contribution in [3.8, 4) is 33.5 Å². The molecule has 4 aromatic carbocycles. The Kier molecular flexibility index (Phi) is 4.19. The van der Waals surface area contributed by atoms with Crippen LogP contribution in [0.2, 0.25) is 0 Å². The summed E-state index contributed by atoms with van der Waals surface area (Å²) in [5.41, 5.74) is 8.05. The molecule has 0 bridgehead atoms. The maximum Gasteiger partial charge on any atom is 0.0709 e. The average molecular weight is 357 g/mol. The van der Waals surface area contributed by atoms with Crippen molar-refractivity contribution in [3.05, 3.63) is 115 Å².